The van der Waals surface area contributed by atoms with Crippen LogP contribution in [0.15, 0.2) is 47.6 Å². The maximum atomic E-state index is 12.3. The lowest BCUT2D eigenvalue weighted by Crippen LogP contribution is -2.39. The third-order valence-corrected chi connectivity index (χ3v) is 5.18. The topological polar surface area (TPSA) is 107 Å². The molecule has 2 aromatic carbocycles. The number of amides is 1. The average molecular weight is 419 g/mol. The van der Waals surface area contributed by atoms with Gasteiger partial charge < -0.3 is 14.2 Å². The first kappa shape index (κ1) is 20.5. The number of ether oxygens (including phenoxy) is 3. The summed E-state index contributed by atoms with van der Waals surface area (Å²) in [5.41, 5.74) is 3.32. The van der Waals surface area contributed by atoms with Crippen LogP contribution in [-0.2, 0) is 14.8 Å². The van der Waals surface area contributed by atoms with E-state index in [1.165, 1.54) is 13.3 Å². The minimum atomic E-state index is -3.68. The zero-order valence-corrected chi connectivity index (χ0v) is 16.8. The summed E-state index contributed by atoms with van der Waals surface area (Å²) in [6.07, 6.45) is 2.45. The molecule has 0 radical (unpaired) electrons. The standard InChI is InChI=1S/C19H21N3O6S/c1-26-16-8-6-15(7-9-16)22(29(2,24)25)13-18(23)21-20-12-14-4-3-5-17-19(14)28-11-10-27-17/h3-9,12H,10-11,13H2,1-2H3,(H,21,23)/b20-12-. The normalized spacial score (nSPS) is 13.2. The molecule has 0 atom stereocenters. The number of hydrogen-bond donors (Lipinski definition) is 1. The Morgan fingerprint density at radius 1 is 1.21 bits per heavy atom. The van der Waals surface area contributed by atoms with Gasteiger partial charge in [-0.2, -0.15) is 5.10 Å². The number of para-hydroxylation sites is 1. The first-order valence-electron chi connectivity index (χ1n) is 8.71. The van der Waals surface area contributed by atoms with E-state index in [-0.39, 0.29) is 0 Å². The second kappa shape index (κ2) is 8.82. The van der Waals surface area contributed by atoms with Gasteiger partial charge in [0, 0.05) is 5.56 Å². The molecule has 0 spiro atoms. The zero-order valence-electron chi connectivity index (χ0n) is 16.0. The van der Waals surface area contributed by atoms with Gasteiger partial charge in [0.1, 0.15) is 25.5 Å². The molecule has 1 heterocycles. The SMILES string of the molecule is COc1ccc(N(CC(=O)N/N=C\c2cccc3c2OCCO3)S(C)(=O)=O)cc1. The fourth-order valence-electron chi connectivity index (χ4n) is 2.69. The monoisotopic (exact) mass is 419 g/mol. The van der Waals surface area contributed by atoms with Crippen molar-refractivity contribution in [3.8, 4) is 17.2 Å². The van der Waals surface area contributed by atoms with Gasteiger partial charge in [-0.1, -0.05) is 6.07 Å². The molecular weight excluding hydrogens is 398 g/mol. The lowest BCUT2D eigenvalue weighted by Gasteiger charge is -2.21. The van der Waals surface area contributed by atoms with Crippen molar-refractivity contribution in [2.24, 2.45) is 5.10 Å². The second-order valence-electron chi connectivity index (χ2n) is 6.13. The third kappa shape index (κ3) is 5.17. The summed E-state index contributed by atoms with van der Waals surface area (Å²) in [4.78, 5) is 12.3. The summed E-state index contributed by atoms with van der Waals surface area (Å²) in [5, 5.41) is 3.90. The fourth-order valence-corrected chi connectivity index (χ4v) is 3.54. The summed E-state index contributed by atoms with van der Waals surface area (Å²) in [6.45, 7) is 0.474. The number of fused-ring (bicyclic) bond motifs is 1. The Morgan fingerprint density at radius 2 is 1.93 bits per heavy atom. The lowest BCUT2D eigenvalue weighted by atomic mass is 10.2. The molecule has 0 bridgehead atoms. The molecule has 1 amide bonds. The van der Waals surface area contributed by atoms with Crippen LogP contribution in [-0.4, -0.2) is 53.7 Å². The summed E-state index contributed by atoms with van der Waals surface area (Å²) in [6, 6.07) is 11.7. The number of carbonyl (C=O) groups is 1. The molecule has 0 aromatic heterocycles. The maximum absolute atomic E-state index is 12.3. The molecule has 0 fully saturated rings. The molecule has 29 heavy (non-hydrogen) atoms. The predicted molar refractivity (Wildman–Crippen MR) is 108 cm³/mol. The fraction of sp³-hybridized carbons (Fsp3) is 0.263. The Morgan fingerprint density at radius 3 is 2.62 bits per heavy atom. The van der Waals surface area contributed by atoms with E-state index in [9.17, 15) is 13.2 Å². The number of carbonyl (C=O) groups excluding carboxylic acids is 1. The van der Waals surface area contributed by atoms with E-state index >= 15 is 0 Å². The number of nitrogens with zero attached hydrogens (tertiary/aromatic N) is 2. The van der Waals surface area contributed by atoms with Gasteiger partial charge in [-0.15, -0.1) is 0 Å². The van der Waals surface area contributed by atoms with Crippen LogP contribution in [0.2, 0.25) is 0 Å². The first-order valence-corrected chi connectivity index (χ1v) is 10.6. The number of methoxy groups -OCH3 is 1. The predicted octanol–water partition coefficient (Wildman–Crippen LogP) is 1.38. The lowest BCUT2D eigenvalue weighted by molar-refractivity contribution is -0.119. The first-order chi connectivity index (χ1) is 13.9. The highest BCUT2D eigenvalue weighted by atomic mass is 32.2. The van der Waals surface area contributed by atoms with Crippen LogP contribution in [0.1, 0.15) is 5.56 Å². The van der Waals surface area contributed by atoms with E-state index in [0.717, 1.165) is 10.6 Å². The number of rotatable bonds is 7. The summed E-state index contributed by atoms with van der Waals surface area (Å²) >= 11 is 0. The highest BCUT2D eigenvalue weighted by Crippen LogP contribution is 2.32. The summed E-state index contributed by atoms with van der Waals surface area (Å²) in [7, 11) is -2.17. The Bertz CT molecular complexity index is 1010. The van der Waals surface area contributed by atoms with Crippen LogP contribution in [0.4, 0.5) is 5.69 Å². The minimum Gasteiger partial charge on any atom is -0.497 e. The van der Waals surface area contributed by atoms with Crippen LogP contribution in [0.5, 0.6) is 17.2 Å². The van der Waals surface area contributed by atoms with E-state index in [2.05, 4.69) is 10.5 Å². The van der Waals surface area contributed by atoms with Crippen molar-refractivity contribution in [1.29, 1.82) is 0 Å². The molecule has 3 rings (SSSR count). The Hall–Kier alpha value is -3.27. The minimum absolute atomic E-state index is 0.343. The number of hydrazone groups is 1. The molecule has 10 heteroatoms. The second-order valence-corrected chi connectivity index (χ2v) is 8.04. The van der Waals surface area contributed by atoms with E-state index in [4.69, 9.17) is 14.2 Å². The highest BCUT2D eigenvalue weighted by Gasteiger charge is 2.21. The number of sulfonamides is 1. The molecule has 0 aliphatic carbocycles. The van der Waals surface area contributed by atoms with E-state index < -0.39 is 22.5 Å². The molecule has 154 valence electrons. The van der Waals surface area contributed by atoms with Gasteiger partial charge in [-0.25, -0.2) is 13.8 Å². The number of benzene rings is 2. The molecule has 1 aliphatic heterocycles. The number of nitrogens with one attached hydrogen (secondary N) is 1. The zero-order chi connectivity index (χ0) is 20.9. The van der Waals surface area contributed by atoms with Crippen LogP contribution in [0.3, 0.4) is 0 Å². The molecule has 1 aliphatic rings. The van der Waals surface area contributed by atoms with Crippen LogP contribution < -0.4 is 23.9 Å². The number of hydrogen-bond acceptors (Lipinski definition) is 7. The van der Waals surface area contributed by atoms with Crippen LogP contribution in [0, 0.1) is 0 Å². The Kier molecular flexibility index (Phi) is 6.23. The van der Waals surface area contributed by atoms with E-state index in [0.29, 0.717) is 41.7 Å². The highest BCUT2D eigenvalue weighted by molar-refractivity contribution is 7.92. The van der Waals surface area contributed by atoms with Crippen LogP contribution in [0.25, 0.3) is 0 Å². The largest absolute Gasteiger partial charge is 0.497 e. The van der Waals surface area contributed by atoms with Gasteiger partial charge in [0.2, 0.25) is 10.0 Å². The van der Waals surface area contributed by atoms with Gasteiger partial charge >= 0.3 is 0 Å². The van der Waals surface area contributed by atoms with Crippen molar-refractivity contribution < 1.29 is 27.4 Å². The molecule has 0 saturated heterocycles. The van der Waals surface area contributed by atoms with Gasteiger partial charge in [0.15, 0.2) is 11.5 Å². The third-order valence-electron chi connectivity index (χ3n) is 4.04. The van der Waals surface area contributed by atoms with Crippen molar-refractivity contribution in [2.45, 2.75) is 0 Å². The van der Waals surface area contributed by atoms with Gasteiger partial charge in [0.05, 0.1) is 25.3 Å². The Balaban J connectivity index is 1.68. The Labute approximate surface area is 168 Å². The smallest absolute Gasteiger partial charge is 0.260 e. The van der Waals surface area contributed by atoms with Crippen molar-refractivity contribution >= 4 is 27.8 Å². The van der Waals surface area contributed by atoms with Gasteiger partial charge in [0.25, 0.3) is 5.91 Å². The van der Waals surface area contributed by atoms with E-state index in [1.807, 2.05) is 0 Å². The van der Waals surface area contributed by atoms with Crippen LogP contribution >= 0.6 is 0 Å². The molecular formula is C19H21N3O6S. The van der Waals surface area contributed by atoms with Gasteiger partial charge in [-0.05, 0) is 36.4 Å². The van der Waals surface area contributed by atoms with Crippen molar-refractivity contribution in [3.63, 3.8) is 0 Å². The molecule has 0 unspecified atom stereocenters. The summed E-state index contributed by atoms with van der Waals surface area (Å²) in [5.74, 6) is 1.14. The average Bonchev–Trinajstić information content (AvgIpc) is 2.71. The van der Waals surface area contributed by atoms with Crippen molar-refractivity contribution in [2.75, 3.05) is 37.4 Å². The van der Waals surface area contributed by atoms with Crippen molar-refractivity contribution in [3.05, 3.63) is 48.0 Å². The quantitative estimate of drug-likeness (QED) is 0.537. The van der Waals surface area contributed by atoms with Gasteiger partial charge in [-0.3, -0.25) is 9.10 Å². The molecule has 1 N–H and O–H groups in total. The number of anilines is 1. The molecule has 2 aromatic rings. The summed E-state index contributed by atoms with van der Waals surface area (Å²) < 4.78 is 41.4. The molecule has 0 saturated carbocycles. The van der Waals surface area contributed by atoms with Crippen molar-refractivity contribution in [1.82, 2.24) is 5.43 Å². The molecule has 9 nitrogen and oxygen atoms in total. The maximum Gasteiger partial charge on any atom is 0.260 e. The van der Waals surface area contributed by atoms with E-state index in [1.54, 1.807) is 42.5 Å².